The van der Waals surface area contributed by atoms with Gasteiger partial charge in [-0.15, -0.1) is 68.9 Å². The monoisotopic (exact) mass is 612 g/mol. The Labute approximate surface area is 233 Å². The molecular formula is C22H22Cl2S8. The van der Waals surface area contributed by atoms with Gasteiger partial charge in [-0.05, 0) is 36.2 Å². The van der Waals surface area contributed by atoms with E-state index in [4.69, 9.17) is 47.6 Å². The molecule has 0 unspecified atom stereocenters. The SMILES string of the molecule is CC(C)CCSc1c(Cl)c2sc(=S)sc2c2c(SCCC(C)C)c(Cl)c3sc(=S)sc3c12. The largest absolute Gasteiger partial charge is 0.144 e. The summed E-state index contributed by atoms with van der Waals surface area (Å²) in [5.74, 6) is 3.37. The summed E-state index contributed by atoms with van der Waals surface area (Å²) in [6.45, 7) is 9.05. The molecule has 32 heavy (non-hydrogen) atoms. The van der Waals surface area contributed by atoms with E-state index in [0.29, 0.717) is 11.8 Å². The van der Waals surface area contributed by atoms with Crippen molar-refractivity contribution in [1.29, 1.82) is 0 Å². The minimum absolute atomic E-state index is 0.652. The molecule has 0 saturated heterocycles. The summed E-state index contributed by atoms with van der Waals surface area (Å²) in [6.07, 6.45) is 2.29. The van der Waals surface area contributed by atoms with Crippen LogP contribution in [0.1, 0.15) is 40.5 Å². The molecule has 0 saturated carbocycles. The maximum Gasteiger partial charge on any atom is 0.144 e. The van der Waals surface area contributed by atoms with E-state index >= 15 is 0 Å². The zero-order valence-corrected chi connectivity index (χ0v) is 26.0. The third-order valence-electron chi connectivity index (χ3n) is 4.99. The second kappa shape index (κ2) is 11.0. The van der Waals surface area contributed by atoms with E-state index in [1.807, 2.05) is 23.5 Å². The van der Waals surface area contributed by atoms with Gasteiger partial charge in [-0.3, -0.25) is 0 Å². The first-order valence-corrected chi connectivity index (χ1v) is 17.1. The topological polar surface area (TPSA) is 0 Å². The number of thioether (sulfide) groups is 2. The molecular weight excluding hydrogens is 592 g/mol. The van der Waals surface area contributed by atoms with Crippen LogP contribution in [0.25, 0.3) is 29.6 Å². The Morgan fingerprint density at radius 2 is 1.00 bits per heavy atom. The van der Waals surface area contributed by atoms with Gasteiger partial charge in [0.2, 0.25) is 0 Å². The average molecular weight is 614 g/mol. The van der Waals surface area contributed by atoms with E-state index in [1.54, 1.807) is 45.3 Å². The smallest absolute Gasteiger partial charge is 0.124 e. The Balaban J connectivity index is 2.09. The molecule has 0 amide bonds. The molecule has 4 rings (SSSR count). The standard InChI is InChI=1S/C22H22Cl2S8/c1-9(2)5-7-27-15-11-12(18-19(13(15)23)31-22(26)30-18)16(28-8-6-10(3)4)14(24)20-17(11)29-21(25)32-20/h9-10H,5-8H2,1-4H3. The second-order valence-corrected chi connectivity index (χ2v) is 17.7. The molecule has 0 fully saturated rings. The average Bonchev–Trinajstić information content (AvgIpc) is 3.28. The predicted molar refractivity (Wildman–Crippen MR) is 163 cm³/mol. The molecule has 172 valence electrons. The maximum absolute atomic E-state index is 7.09. The summed E-state index contributed by atoms with van der Waals surface area (Å²) < 4.78 is 6.35. The summed E-state index contributed by atoms with van der Waals surface area (Å²) in [4.78, 5) is 2.32. The molecule has 0 bridgehead atoms. The van der Waals surface area contributed by atoms with E-state index in [9.17, 15) is 0 Å². The molecule has 0 atom stereocenters. The van der Waals surface area contributed by atoms with Crippen LogP contribution in [0, 0.1) is 18.1 Å². The highest BCUT2D eigenvalue weighted by atomic mass is 35.5. The maximum atomic E-state index is 7.09. The quantitative estimate of drug-likeness (QED) is 0.143. The van der Waals surface area contributed by atoms with Crippen LogP contribution >= 0.6 is 117 Å². The highest BCUT2D eigenvalue weighted by Gasteiger charge is 2.25. The molecule has 0 aliphatic heterocycles. The van der Waals surface area contributed by atoms with Gasteiger partial charge < -0.3 is 0 Å². The summed E-state index contributed by atoms with van der Waals surface area (Å²) in [6, 6.07) is 0. The third-order valence-corrected chi connectivity index (χ3v) is 13.8. The van der Waals surface area contributed by atoms with Crippen LogP contribution < -0.4 is 0 Å². The summed E-state index contributed by atoms with van der Waals surface area (Å²) in [7, 11) is 0. The number of rotatable bonds is 8. The molecule has 0 spiro atoms. The summed E-state index contributed by atoms with van der Waals surface area (Å²) >= 11 is 35.7. The van der Waals surface area contributed by atoms with Crippen molar-refractivity contribution < 1.29 is 0 Å². The summed E-state index contributed by atoms with van der Waals surface area (Å²) in [5, 5.41) is 4.13. The number of hydrogen-bond donors (Lipinski definition) is 0. The van der Waals surface area contributed by atoms with Crippen LogP contribution in [-0.2, 0) is 0 Å². The second-order valence-electron chi connectivity index (χ2n) is 8.32. The van der Waals surface area contributed by atoms with Gasteiger partial charge in [0.05, 0.1) is 28.8 Å². The van der Waals surface area contributed by atoms with Gasteiger partial charge >= 0.3 is 0 Å². The van der Waals surface area contributed by atoms with E-state index in [1.165, 1.54) is 20.2 Å². The van der Waals surface area contributed by atoms with E-state index in [0.717, 1.165) is 59.9 Å². The number of fused-ring (bicyclic) bond motifs is 5. The lowest BCUT2D eigenvalue weighted by Gasteiger charge is -2.17. The number of hydrogen-bond acceptors (Lipinski definition) is 8. The minimum Gasteiger partial charge on any atom is -0.124 e. The first-order valence-electron chi connectivity index (χ1n) is 10.3. The van der Waals surface area contributed by atoms with Gasteiger partial charge in [0.1, 0.15) is 6.28 Å². The van der Waals surface area contributed by atoms with Crippen molar-refractivity contribution in [3.8, 4) is 0 Å². The first kappa shape index (κ1) is 26.1. The molecule has 0 aliphatic rings. The third kappa shape index (κ3) is 5.25. The minimum atomic E-state index is 0.652. The van der Waals surface area contributed by atoms with Gasteiger partial charge in [-0.2, -0.15) is 0 Å². The van der Waals surface area contributed by atoms with E-state index < -0.39 is 0 Å². The van der Waals surface area contributed by atoms with Crippen LogP contribution in [0.5, 0.6) is 0 Å². The van der Waals surface area contributed by atoms with Crippen LogP contribution in [-0.4, -0.2) is 11.5 Å². The predicted octanol–water partition coefficient (Wildman–Crippen LogP) is 12.4. The lowest BCUT2D eigenvalue weighted by atomic mass is 10.1. The lowest BCUT2D eigenvalue weighted by molar-refractivity contribution is 0.632. The Morgan fingerprint density at radius 3 is 1.34 bits per heavy atom. The zero-order valence-electron chi connectivity index (χ0n) is 18.0. The normalized spacial score (nSPS) is 12.4. The molecule has 0 radical (unpaired) electrons. The summed E-state index contributed by atoms with van der Waals surface area (Å²) in [5.41, 5.74) is 0. The first-order chi connectivity index (χ1) is 15.2. The van der Waals surface area contributed by atoms with Crippen molar-refractivity contribution >= 4 is 146 Å². The van der Waals surface area contributed by atoms with Crippen molar-refractivity contribution in [1.82, 2.24) is 0 Å². The van der Waals surface area contributed by atoms with Gasteiger partial charge in [0.25, 0.3) is 0 Å². The fraction of sp³-hybridized carbons (Fsp3) is 0.455. The molecule has 4 aromatic rings. The van der Waals surface area contributed by atoms with Crippen molar-refractivity contribution in [2.75, 3.05) is 11.5 Å². The molecule has 10 heteroatoms. The highest BCUT2D eigenvalue weighted by Crippen LogP contribution is 2.55. The fourth-order valence-electron chi connectivity index (χ4n) is 3.33. The fourth-order valence-corrected chi connectivity index (χ4v) is 12.7. The zero-order chi connectivity index (χ0) is 23.2. The highest BCUT2D eigenvalue weighted by molar-refractivity contribution is 8.00. The van der Waals surface area contributed by atoms with Crippen LogP contribution in [0.4, 0.5) is 0 Å². The van der Waals surface area contributed by atoms with Crippen LogP contribution in [0.15, 0.2) is 9.79 Å². The lowest BCUT2D eigenvalue weighted by Crippen LogP contribution is -1.93. The van der Waals surface area contributed by atoms with E-state index in [2.05, 4.69) is 27.7 Å². The van der Waals surface area contributed by atoms with Gasteiger partial charge in [-0.1, -0.05) is 75.3 Å². The van der Waals surface area contributed by atoms with Crippen molar-refractivity contribution in [3.05, 3.63) is 16.3 Å². The van der Waals surface area contributed by atoms with Crippen molar-refractivity contribution in [3.63, 3.8) is 0 Å². The van der Waals surface area contributed by atoms with Gasteiger partial charge in [0, 0.05) is 20.6 Å². The van der Waals surface area contributed by atoms with Crippen LogP contribution in [0.2, 0.25) is 10.0 Å². The Morgan fingerprint density at radius 1 is 0.656 bits per heavy atom. The molecule has 2 heterocycles. The number of benzene rings is 2. The van der Waals surface area contributed by atoms with Gasteiger partial charge in [0.15, 0.2) is 0 Å². The molecule has 0 nitrogen and oxygen atoms in total. The Kier molecular flexibility index (Phi) is 8.95. The molecule has 0 aliphatic carbocycles. The number of halogens is 2. The molecule has 2 aromatic carbocycles. The Hall–Kier alpha value is 1.04. The van der Waals surface area contributed by atoms with Gasteiger partial charge in [-0.25, -0.2) is 0 Å². The van der Waals surface area contributed by atoms with Crippen LogP contribution in [0.3, 0.4) is 0 Å². The molecule has 0 N–H and O–H groups in total. The van der Waals surface area contributed by atoms with Crippen molar-refractivity contribution in [2.45, 2.75) is 50.3 Å². The Bertz CT molecular complexity index is 1300. The van der Waals surface area contributed by atoms with Crippen molar-refractivity contribution in [2.24, 2.45) is 11.8 Å². The molecule has 2 aromatic heterocycles. The van der Waals surface area contributed by atoms with E-state index in [-0.39, 0.29) is 0 Å².